The van der Waals surface area contributed by atoms with Gasteiger partial charge >= 0.3 is 0 Å². The van der Waals surface area contributed by atoms with Crippen molar-refractivity contribution >= 4 is 23.4 Å². The third kappa shape index (κ3) is 4.40. The summed E-state index contributed by atoms with van der Waals surface area (Å²) in [5.41, 5.74) is 0.310. The molecule has 5 nitrogen and oxygen atoms in total. The molecular weight excluding hydrogens is 242 g/mol. The van der Waals surface area contributed by atoms with Gasteiger partial charge < -0.3 is 10.6 Å². The second-order valence-corrected chi connectivity index (χ2v) is 3.72. The lowest BCUT2D eigenvalue weighted by Gasteiger charge is -2.06. The first-order chi connectivity index (χ1) is 8.15. The summed E-state index contributed by atoms with van der Waals surface area (Å²) >= 11 is 5.83. The van der Waals surface area contributed by atoms with Gasteiger partial charge in [0.15, 0.2) is 0 Å². The SMILES string of the molecule is CCNC(=O)CCNC(=O)c1cnccc1Cl. The topological polar surface area (TPSA) is 71.1 Å². The fourth-order valence-electron chi connectivity index (χ4n) is 1.21. The highest BCUT2D eigenvalue weighted by atomic mass is 35.5. The molecule has 1 heterocycles. The van der Waals surface area contributed by atoms with Crippen molar-refractivity contribution in [3.05, 3.63) is 29.0 Å². The van der Waals surface area contributed by atoms with Crippen LogP contribution in [0.25, 0.3) is 0 Å². The van der Waals surface area contributed by atoms with Gasteiger partial charge in [-0.25, -0.2) is 0 Å². The number of rotatable bonds is 5. The first-order valence-electron chi connectivity index (χ1n) is 5.29. The van der Waals surface area contributed by atoms with Crippen molar-refractivity contribution in [2.45, 2.75) is 13.3 Å². The summed E-state index contributed by atoms with van der Waals surface area (Å²) in [6.07, 6.45) is 3.15. The summed E-state index contributed by atoms with van der Waals surface area (Å²) in [5, 5.41) is 5.59. The van der Waals surface area contributed by atoms with Crippen molar-refractivity contribution < 1.29 is 9.59 Å². The molecule has 0 atom stereocenters. The Morgan fingerprint density at radius 3 is 2.82 bits per heavy atom. The predicted octanol–water partition coefficient (Wildman–Crippen LogP) is 0.991. The molecule has 0 unspecified atom stereocenters. The number of nitrogens with one attached hydrogen (secondary N) is 2. The first-order valence-corrected chi connectivity index (χ1v) is 5.67. The standard InChI is InChI=1S/C11H14ClN3O2/c1-2-14-10(16)4-6-15-11(17)8-7-13-5-3-9(8)12/h3,5,7H,2,4,6H2,1H3,(H,14,16)(H,15,17). The summed E-state index contributed by atoms with van der Waals surface area (Å²) in [6.45, 7) is 2.70. The number of hydrogen-bond donors (Lipinski definition) is 2. The third-order valence-corrected chi connectivity index (χ3v) is 2.35. The van der Waals surface area contributed by atoms with Gasteiger partial charge in [-0.3, -0.25) is 14.6 Å². The van der Waals surface area contributed by atoms with E-state index in [-0.39, 0.29) is 24.8 Å². The highest BCUT2D eigenvalue weighted by Crippen LogP contribution is 2.12. The molecule has 0 aliphatic carbocycles. The van der Waals surface area contributed by atoms with Crippen LogP contribution in [0.3, 0.4) is 0 Å². The van der Waals surface area contributed by atoms with E-state index < -0.39 is 0 Å². The fourth-order valence-corrected chi connectivity index (χ4v) is 1.41. The van der Waals surface area contributed by atoms with Crippen LogP contribution in [0.4, 0.5) is 0 Å². The maximum Gasteiger partial charge on any atom is 0.254 e. The number of aromatic nitrogens is 1. The lowest BCUT2D eigenvalue weighted by molar-refractivity contribution is -0.120. The molecule has 1 aromatic heterocycles. The zero-order chi connectivity index (χ0) is 12.7. The van der Waals surface area contributed by atoms with E-state index in [2.05, 4.69) is 15.6 Å². The van der Waals surface area contributed by atoms with Crippen molar-refractivity contribution in [1.82, 2.24) is 15.6 Å². The molecule has 0 saturated carbocycles. The monoisotopic (exact) mass is 255 g/mol. The van der Waals surface area contributed by atoms with E-state index in [0.717, 1.165) is 0 Å². The van der Waals surface area contributed by atoms with Gasteiger partial charge in [0.25, 0.3) is 5.91 Å². The average Bonchev–Trinajstić information content (AvgIpc) is 2.29. The van der Waals surface area contributed by atoms with Gasteiger partial charge in [0.2, 0.25) is 5.91 Å². The number of nitrogens with zero attached hydrogens (tertiary/aromatic N) is 1. The van der Waals surface area contributed by atoms with Crippen LogP contribution in [0.2, 0.25) is 5.02 Å². The Hall–Kier alpha value is -1.62. The zero-order valence-corrected chi connectivity index (χ0v) is 10.3. The Labute approximate surface area is 105 Å². The molecule has 1 aromatic rings. The van der Waals surface area contributed by atoms with Gasteiger partial charge in [-0.2, -0.15) is 0 Å². The Kier molecular flexibility index (Phi) is 5.42. The highest BCUT2D eigenvalue weighted by Gasteiger charge is 2.09. The van der Waals surface area contributed by atoms with Crippen LogP contribution in [0, 0.1) is 0 Å². The smallest absolute Gasteiger partial charge is 0.254 e. The summed E-state index contributed by atoms with van der Waals surface area (Å²) < 4.78 is 0. The highest BCUT2D eigenvalue weighted by molar-refractivity contribution is 6.33. The minimum atomic E-state index is -0.326. The zero-order valence-electron chi connectivity index (χ0n) is 9.50. The van der Waals surface area contributed by atoms with Gasteiger partial charge in [0.1, 0.15) is 0 Å². The summed E-state index contributed by atoms with van der Waals surface area (Å²) in [7, 11) is 0. The van der Waals surface area contributed by atoms with Crippen LogP contribution in [0.15, 0.2) is 18.5 Å². The predicted molar refractivity (Wildman–Crippen MR) is 64.9 cm³/mol. The Balaban J connectivity index is 2.41. The van der Waals surface area contributed by atoms with E-state index in [1.807, 2.05) is 6.92 Å². The van der Waals surface area contributed by atoms with Crippen LogP contribution >= 0.6 is 11.6 Å². The Morgan fingerprint density at radius 1 is 1.41 bits per heavy atom. The lowest BCUT2D eigenvalue weighted by Crippen LogP contribution is -2.30. The van der Waals surface area contributed by atoms with Crippen LogP contribution in [-0.4, -0.2) is 29.9 Å². The average molecular weight is 256 g/mol. The molecule has 0 aliphatic rings. The quantitative estimate of drug-likeness (QED) is 0.824. The molecule has 6 heteroatoms. The summed E-state index contributed by atoms with van der Waals surface area (Å²) in [6, 6.07) is 1.54. The minimum absolute atomic E-state index is 0.0925. The van der Waals surface area contributed by atoms with Gasteiger partial charge in [-0.1, -0.05) is 11.6 Å². The summed E-state index contributed by atoms with van der Waals surface area (Å²) in [4.78, 5) is 26.6. The molecule has 0 spiro atoms. The van der Waals surface area contributed by atoms with E-state index >= 15 is 0 Å². The van der Waals surface area contributed by atoms with Crippen molar-refractivity contribution in [2.24, 2.45) is 0 Å². The molecule has 2 amide bonds. The van der Waals surface area contributed by atoms with Crippen molar-refractivity contribution in [3.8, 4) is 0 Å². The number of carbonyl (C=O) groups excluding carboxylic acids is 2. The van der Waals surface area contributed by atoms with E-state index in [9.17, 15) is 9.59 Å². The van der Waals surface area contributed by atoms with Crippen LogP contribution in [0.1, 0.15) is 23.7 Å². The number of halogens is 1. The number of carbonyl (C=O) groups is 2. The normalized spacial score (nSPS) is 9.76. The number of amides is 2. The van der Waals surface area contributed by atoms with E-state index in [0.29, 0.717) is 17.1 Å². The van der Waals surface area contributed by atoms with Gasteiger partial charge in [0, 0.05) is 31.9 Å². The Morgan fingerprint density at radius 2 is 2.18 bits per heavy atom. The largest absolute Gasteiger partial charge is 0.356 e. The molecule has 0 aromatic carbocycles. The molecule has 1 rings (SSSR count). The molecule has 0 aliphatic heterocycles. The second-order valence-electron chi connectivity index (χ2n) is 3.31. The fraction of sp³-hybridized carbons (Fsp3) is 0.364. The second kappa shape index (κ2) is 6.85. The van der Waals surface area contributed by atoms with Crippen LogP contribution in [-0.2, 0) is 4.79 Å². The van der Waals surface area contributed by atoms with Crippen LogP contribution < -0.4 is 10.6 Å². The maximum atomic E-state index is 11.6. The molecule has 0 bridgehead atoms. The minimum Gasteiger partial charge on any atom is -0.356 e. The molecule has 0 radical (unpaired) electrons. The van der Waals surface area contributed by atoms with Crippen molar-refractivity contribution in [3.63, 3.8) is 0 Å². The van der Waals surface area contributed by atoms with E-state index in [1.54, 1.807) is 6.07 Å². The van der Waals surface area contributed by atoms with Crippen molar-refractivity contribution in [2.75, 3.05) is 13.1 Å². The van der Waals surface area contributed by atoms with Gasteiger partial charge in [-0.05, 0) is 13.0 Å². The molecule has 0 saturated heterocycles. The lowest BCUT2D eigenvalue weighted by atomic mass is 10.2. The maximum absolute atomic E-state index is 11.6. The molecular formula is C11H14ClN3O2. The Bertz CT molecular complexity index is 409. The molecule has 92 valence electrons. The van der Waals surface area contributed by atoms with E-state index in [1.165, 1.54) is 12.4 Å². The van der Waals surface area contributed by atoms with Crippen LogP contribution in [0.5, 0.6) is 0 Å². The van der Waals surface area contributed by atoms with Gasteiger partial charge in [-0.15, -0.1) is 0 Å². The third-order valence-electron chi connectivity index (χ3n) is 2.02. The molecule has 17 heavy (non-hydrogen) atoms. The van der Waals surface area contributed by atoms with Crippen molar-refractivity contribution in [1.29, 1.82) is 0 Å². The number of pyridine rings is 1. The molecule has 0 fully saturated rings. The number of hydrogen-bond acceptors (Lipinski definition) is 3. The summed E-state index contributed by atoms with van der Waals surface area (Å²) in [5.74, 6) is -0.419. The van der Waals surface area contributed by atoms with E-state index in [4.69, 9.17) is 11.6 Å². The first kappa shape index (κ1) is 13.4. The van der Waals surface area contributed by atoms with Gasteiger partial charge in [0.05, 0.1) is 10.6 Å². The molecule has 2 N–H and O–H groups in total.